The lowest BCUT2D eigenvalue weighted by atomic mass is 10.3. The minimum Gasteiger partial charge on any atom is -0.464 e. The van der Waals surface area contributed by atoms with Gasteiger partial charge in [0.2, 0.25) is 5.95 Å². The number of aromatic nitrogens is 2. The van der Waals surface area contributed by atoms with Gasteiger partial charge < -0.3 is 21.1 Å². The fraction of sp³-hybridized carbons (Fsp3) is 0.500. The molecule has 4 N–H and O–H groups in total. The number of nitrogen functional groups attached to an aromatic ring is 1. The molecule has 0 saturated carbocycles. The first-order chi connectivity index (χ1) is 8.06. The van der Waals surface area contributed by atoms with E-state index in [-0.39, 0.29) is 11.9 Å². The Balaban J connectivity index is 2.73. The number of rotatable bonds is 5. The molecule has 94 valence electrons. The van der Waals surface area contributed by atoms with Gasteiger partial charge in [-0.3, -0.25) is 0 Å². The molecule has 1 atom stereocenters. The summed E-state index contributed by atoms with van der Waals surface area (Å²) in [5.41, 5.74) is 5.53. The highest BCUT2D eigenvalue weighted by atomic mass is 16.5. The van der Waals surface area contributed by atoms with E-state index in [4.69, 9.17) is 10.5 Å². The lowest BCUT2D eigenvalue weighted by Crippen LogP contribution is -2.28. The molecule has 0 amide bonds. The molecular weight excluding hydrogens is 222 g/mol. The van der Waals surface area contributed by atoms with Crippen LogP contribution in [-0.2, 0) is 9.53 Å². The van der Waals surface area contributed by atoms with Gasteiger partial charge in [0.15, 0.2) is 0 Å². The van der Waals surface area contributed by atoms with Gasteiger partial charge in [0.05, 0.1) is 6.61 Å². The van der Waals surface area contributed by atoms with Crippen LogP contribution in [0, 0.1) is 0 Å². The Labute approximate surface area is 99.8 Å². The van der Waals surface area contributed by atoms with Gasteiger partial charge in [0.1, 0.15) is 17.7 Å². The third kappa shape index (κ3) is 3.78. The first kappa shape index (κ1) is 13.0. The highest BCUT2D eigenvalue weighted by Crippen LogP contribution is 2.12. The second-order valence-corrected chi connectivity index (χ2v) is 3.36. The number of nitrogens with two attached hydrogens (primary N) is 1. The minimum absolute atomic E-state index is 0.135. The van der Waals surface area contributed by atoms with Crippen molar-refractivity contribution in [3.63, 3.8) is 0 Å². The van der Waals surface area contributed by atoms with Crippen molar-refractivity contribution in [3.8, 4) is 0 Å². The Hall–Kier alpha value is -2.05. The Morgan fingerprint density at radius 1 is 1.53 bits per heavy atom. The monoisotopic (exact) mass is 239 g/mol. The van der Waals surface area contributed by atoms with Gasteiger partial charge in [-0.2, -0.15) is 9.97 Å². The summed E-state index contributed by atoms with van der Waals surface area (Å²) in [6.07, 6.45) is 0. The molecule has 1 aromatic heterocycles. The SMILES string of the molecule is CCOC(=O)C(C)Nc1cc(NC)nc(N)n1. The zero-order valence-electron chi connectivity index (χ0n) is 10.2. The van der Waals surface area contributed by atoms with Gasteiger partial charge in [0, 0.05) is 13.1 Å². The smallest absolute Gasteiger partial charge is 0.328 e. The quantitative estimate of drug-likeness (QED) is 0.641. The maximum absolute atomic E-state index is 11.4. The molecule has 7 heteroatoms. The normalized spacial score (nSPS) is 11.7. The number of carbonyl (C=O) groups excluding carboxylic acids is 1. The molecule has 1 aromatic rings. The van der Waals surface area contributed by atoms with Crippen LogP contribution in [-0.4, -0.2) is 35.6 Å². The average molecular weight is 239 g/mol. The highest BCUT2D eigenvalue weighted by molar-refractivity contribution is 5.78. The molecule has 1 heterocycles. The van der Waals surface area contributed by atoms with Gasteiger partial charge in [-0.25, -0.2) is 4.79 Å². The first-order valence-electron chi connectivity index (χ1n) is 5.32. The molecule has 7 nitrogen and oxygen atoms in total. The van der Waals surface area contributed by atoms with Crippen LogP contribution in [0.2, 0.25) is 0 Å². The minimum atomic E-state index is -0.492. The number of hydrogen-bond acceptors (Lipinski definition) is 7. The van der Waals surface area contributed by atoms with E-state index in [9.17, 15) is 4.79 Å². The lowest BCUT2D eigenvalue weighted by molar-refractivity contribution is -0.143. The third-order valence-electron chi connectivity index (χ3n) is 2.00. The molecule has 1 rings (SSSR count). The number of ether oxygens (including phenoxy) is 1. The maximum Gasteiger partial charge on any atom is 0.328 e. The molecule has 0 fully saturated rings. The lowest BCUT2D eigenvalue weighted by Gasteiger charge is -2.13. The summed E-state index contributed by atoms with van der Waals surface area (Å²) in [4.78, 5) is 19.3. The van der Waals surface area contributed by atoms with E-state index in [1.807, 2.05) is 0 Å². The van der Waals surface area contributed by atoms with Crippen molar-refractivity contribution < 1.29 is 9.53 Å². The molecule has 0 bridgehead atoms. The fourth-order valence-corrected chi connectivity index (χ4v) is 1.22. The molecule has 0 aliphatic heterocycles. The molecular formula is C10H17N5O2. The zero-order valence-corrected chi connectivity index (χ0v) is 10.2. The second kappa shape index (κ2) is 5.88. The third-order valence-corrected chi connectivity index (χ3v) is 2.00. The van der Waals surface area contributed by atoms with Crippen molar-refractivity contribution in [2.45, 2.75) is 19.9 Å². The van der Waals surface area contributed by atoms with Crippen LogP contribution in [0.5, 0.6) is 0 Å². The number of nitrogens with one attached hydrogen (secondary N) is 2. The summed E-state index contributed by atoms with van der Waals surface area (Å²) < 4.78 is 4.87. The van der Waals surface area contributed by atoms with Crippen molar-refractivity contribution in [1.82, 2.24) is 9.97 Å². The Bertz CT molecular complexity index is 396. The molecule has 0 radical (unpaired) electrons. The summed E-state index contributed by atoms with van der Waals surface area (Å²) >= 11 is 0. The van der Waals surface area contributed by atoms with E-state index < -0.39 is 6.04 Å². The van der Waals surface area contributed by atoms with Crippen LogP contribution in [0.1, 0.15) is 13.8 Å². The van der Waals surface area contributed by atoms with Crippen molar-refractivity contribution in [3.05, 3.63) is 6.07 Å². The molecule has 0 aromatic carbocycles. The number of esters is 1. The van der Waals surface area contributed by atoms with Crippen molar-refractivity contribution >= 4 is 23.6 Å². The maximum atomic E-state index is 11.4. The molecule has 0 spiro atoms. The van der Waals surface area contributed by atoms with Gasteiger partial charge in [0.25, 0.3) is 0 Å². The van der Waals surface area contributed by atoms with E-state index in [1.165, 1.54) is 0 Å². The van der Waals surface area contributed by atoms with Gasteiger partial charge in [-0.15, -0.1) is 0 Å². The number of nitrogens with zero attached hydrogens (tertiary/aromatic N) is 2. The van der Waals surface area contributed by atoms with E-state index in [1.54, 1.807) is 27.0 Å². The van der Waals surface area contributed by atoms with Crippen LogP contribution in [0.4, 0.5) is 17.6 Å². The topological polar surface area (TPSA) is 102 Å². The summed E-state index contributed by atoms with van der Waals surface area (Å²) in [7, 11) is 1.72. The molecule has 1 unspecified atom stereocenters. The average Bonchev–Trinajstić information content (AvgIpc) is 2.28. The predicted molar refractivity (Wildman–Crippen MR) is 65.7 cm³/mol. The predicted octanol–water partition coefficient (Wildman–Crippen LogP) is 0.464. The highest BCUT2D eigenvalue weighted by Gasteiger charge is 2.14. The summed E-state index contributed by atoms with van der Waals surface area (Å²) in [5, 5.41) is 5.74. The van der Waals surface area contributed by atoms with Gasteiger partial charge in [-0.05, 0) is 13.8 Å². The zero-order chi connectivity index (χ0) is 12.8. The van der Waals surface area contributed by atoms with Gasteiger partial charge in [-0.1, -0.05) is 0 Å². The molecule has 0 saturated heterocycles. The first-order valence-corrected chi connectivity index (χ1v) is 5.32. The van der Waals surface area contributed by atoms with Crippen LogP contribution in [0.15, 0.2) is 6.07 Å². The van der Waals surface area contributed by atoms with Crippen LogP contribution in [0.25, 0.3) is 0 Å². The van der Waals surface area contributed by atoms with Gasteiger partial charge >= 0.3 is 5.97 Å². The van der Waals surface area contributed by atoms with Crippen molar-refractivity contribution in [2.75, 3.05) is 30.0 Å². The largest absolute Gasteiger partial charge is 0.464 e. The summed E-state index contributed by atoms with van der Waals surface area (Å²) in [6.45, 7) is 3.79. The van der Waals surface area contributed by atoms with Crippen molar-refractivity contribution in [1.29, 1.82) is 0 Å². The second-order valence-electron chi connectivity index (χ2n) is 3.36. The molecule has 0 aliphatic carbocycles. The van der Waals surface area contributed by atoms with Crippen LogP contribution >= 0.6 is 0 Å². The molecule has 0 aliphatic rings. The van der Waals surface area contributed by atoms with Crippen LogP contribution < -0.4 is 16.4 Å². The van der Waals surface area contributed by atoms with Crippen molar-refractivity contribution in [2.24, 2.45) is 0 Å². The fourth-order valence-electron chi connectivity index (χ4n) is 1.22. The standard InChI is InChI=1S/C10H17N5O2/c1-4-17-9(16)6(2)13-8-5-7(12-3)14-10(11)15-8/h5-6H,4H2,1-3H3,(H4,11,12,13,14,15). The molecule has 17 heavy (non-hydrogen) atoms. The Morgan fingerprint density at radius 2 is 2.18 bits per heavy atom. The Morgan fingerprint density at radius 3 is 2.76 bits per heavy atom. The summed E-state index contributed by atoms with van der Waals surface area (Å²) in [5.74, 6) is 0.851. The van der Waals surface area contributed by atoms with E-state index in [0.717, 1.165) is 0 Å². The summed E-state index contributed by atoms with van der Waals surface area (Å²) in [6, 6.07) is 1.17. The number of hydrogen-bond donors (Lipinski definition) is 3. The number of carbonyl (C=O) groups is 1. The van der Waals surface area contributed by atoms with Crippen LogP contribution in [0.3, 0.4) is 0 Å². The van der Waals surface area contributed by atoms with E-state index >= 15 is 0 Å². The Kier molecular flexibility index (Phi) is 4.50. The van der Waals surface area contributed by atoms with E-state index in [0.29, 0.717) is 18.2 Å². The van der Waals surface area contributed by atoms with E-state index in [2.05, 4.69) is 20.6 Å². The number of anilines is 3.